The van der Waals surface area contributed by atoms with Gasteiger partial charge in [0.1, 0.15) is 17.6 Å². The smallest absolute Gasteiger partial charge is 0.344 e. The van der Waals surface area contributed by atoms with Gasteiger partial charge >= 0.3 is 5.97 Å². The number of methoxy groups -OCH3 is 1. The number of carbonyl (C=O) groups is 1. The first-order chi connectivity index (χ1) is 15.0. The van der Waals surface area contributed by atoms with E-state index in [-0.39, 0.29) is 18.7 Å². The highest BCUT2D eigenvalue weighted by Gasteiger charge is 2.26. The topological polar surface area (TPSA) is 44.8 Å². The van der Waals surface area contributed by atoms with Gasteiger partial charge in [-0.05, 0) is 79.5 Å². The van der Waals surface area contributed by atoms with Crippen LogP contribution in [0, 0.1) is 13.8 Å². The number of esters is 1. The lowest BCUT2D eigenvalue weighted by atomic mass is 10.0. The van der Waals surface area contributed by atoms with E-state index >= 15 is 0 Å². The van der Waals surface area contributed by atoms with E-state index in [0.29, 0.717) is 0 Å². The second-order valence-electron chi connectivity index (χ2n) is 8.59. The van der Waals surface area contributed by atoms with Crippen LogP contribution < -0.4 is 9.47 Å². The first-order valence-electron chi connectivity index (χ1n) is 11.6. The Kier molecular flexibility index (Phi) is 8.39. The average molecular weight is 425 g/mol. The Hall–Kier alpha value is -2.49. The minimum absolute atomic E-state index is 0.0755. The van der Waals surface area contributed by atoms with E-state index in [0.717, 1.165) is 47.5 Å². The Morgan fingerprint density at radius 2 is 1.77 bits per heavy atom. The largest absolute Gasteiger partial charge is 0.497 e. The Bertz CT molecular complexity index is 864. The third-order valence-corrected chi connectivity index (χ3v) is 6.07. The van der Waals surface area contributed by atoms with Crippen LogP contribution in [0.1, 0.15) is 79.4 Å². The van der Waals surface area contributed by atoms with Crippen LogP contribution in [0.2, 0.25) is 0 Å². The first kappa shape index (κ1) is 23.2. The quantitative estimate of drug-likeness (QED) is 0.308. The van der Waals surface area contributed by atoms with E-state index in [9.17, 15) is 4.79 Å². The molecular weight excluding hydrogens is 388 g/mol. The summed E-state index contributed by atoms with van der Waals surface area (Å²) in [6, 6.07) is 10.3. The normalized spacial score (nSPS) is 14.9. The Morgan fingerprint density at radius 3 is 2.48 bits per heavy atom. The maximum Gasteiger partial charge on any atom is 0.344 e. The molecule has 1 atom stereocenters. The Labute approximate surface area is 186 Å². The van der Waals surface area contributed by atoms with Gasteiger partial charge in [-0.15, -0.1) is 0 Å². The number of ether oxygens (including phenoxy) is 3. The van der Waals surface area contributed by atoms with Crippen molar-refractivity contribution in [2.24, 2.45) is 0 Å². The molecule has 1 aliphatic rings. The molecule has 1 unspecified atom stereocenters. The molecule has 4 nitrogen and oxygen atoms in total. The number of hydrogen-bond acceptors (Lipinski definition) is 4. The minimum Gasteiger partial charge on any atom is -0.497 e. The summed E-state index contributed by atoms with van der Waals surface area (Å²) in [5.74, 6) is 1.24. The summed E-state index contributed by atoms with van der Waals surface area (Å²) in [4.78, 5) is 12.5. The molecule has 2 aromatic rings. The zero-order chi connectivity index (χ0) is 22.2. The van der Waals surface area contributed by atoms with Crippen molar-refractivity contribution < 1.29 is 19.0 Å². The van der Waals surface area contributed by atoms with Crippen molar-refractivity contribution in [2.45, 2.75) is 78.2 Å². The third-order valence-electron chi connectivity index (χ3n) is 6.07. The summed E-state index contributed by atoms with van der Waals surface area (Å²) in [5, 5.41) is 0. The molecule has 0 spiro atoms. The molecule has 31 heavy (non-hydrogen) atoms. The van der Waals surface area contributed by atoms with Gasteiger partial charge in [0.05, 0.1) is 7.11 Å². The summed E-state index contributed by atoms with van der Waals surface area (Å²) in [6.07, 6.45) is 9.00. The van der Waals surface area contributed by atoms with Gasteiger partial charge in [-0.2, -0.15) is 0 Å². The molecule has 2 aromatic carbocycles. The third kappa shape index (κ3) is 6.25. The Balaban J connectivity index is 1.53. The van der Waals surface area contributed by atoms with Crippen LogP contribution in [0.15, 0.2) is 30.3 Å². The summed E-state index contributed by atoms with van der Waals surface area (Å²) in [6.45, 7) is 6.26. The summed E-state index contributed by atoms with van der Waals surface area (Å²) >= 11 is 0. The lowest BCUT2D eigenvalue weighted by molar-refractivity contribution is -0.151. The monoisotopic (exact) mass is 424 g/mol. The lowest BCUT2D eigenvalue weighted by Gasteiger charge is -2.17. The number of benzene rings is 2. The van der Waals surface area contributed by atoms with Gasteiger partial charge in [0, 0.05) is 0 Å². The van der Waals surface area contributed by atoms with Crippen LogP contribution in [0.5, 0.6) is 11.5 Å². The molecule has 0 radical (unpaired) electrons. The number of carbonyl (C=O) groups excluding carboxylic acids is 1. The van der Waals surface area contributed by atoms with E-state index in [1.165, 1.54) is 43.2 Å². The van der Waals surface area contributed by atoms with Crippen LogP contribution in [-0.4, -0.2) is 19.7 Å². The van der Waals surface area contributed by atoms with Crippen LogP contribution in [0.4, 0.5) is 0 Å². The zero-order valence-electron chi connectivity index (χ0n) is 19.5. The van der Waals surface area contributed by atoms with Crippen LogP contribution >= 0.6 is 0 Å². The fraction of sp³-hybridized carbons (Fsp3) is 0.519. The second-order valence-corrected chi connectivity index (χ2v) is 8.59. The molecular formula is C27H36O4. The minimum atomic E-state index is -0.334. The van der Waals surface area contributed by atoms with Gasteiger partial charge in [0.25, 0.3) is 0 Å². The predicted octanol–water partition coefficient (Wildman–Crippen LogP) is 6.43. The molecule has 0 fully saturated rings. The van der Waals surface area contributed by atoms with Gasteiger partial charge in [-0.3, -0.25) is 0 Å². The molecule has 3 rings (SSSR count). The van der Waals surface area contributed by atoms with Gasteiger partial charge in [-0.1, -0.05) is 50.8 Å². The standard InChI is InChI=1S/C27H36O4/c1-5-6-7-8-9-10-21-15-19(2)27(20(3)16-21)30-18-26(28)31-25-14-12-22-11-13-23(29-4)17-24(22)25/h11,13,15-17,25H,5-10,12,14,18H2,1-4H3. The lowest BCUT2D eigenvalue weighted by Crippen LogP contribution is -2.18. The van der Waals surface area contributed by atoms with Crippen LogP contribution in [0.3, 0.4) is 0 Å². The second kappa shape index (κ2) is 11.2. The maximum absolute atomic E-state index is 12.5. The molecule has 0 N–H and O–H groups in total. The van der Waals surface area contributed by atoms with Crippen molar-refractivity contribution in [3.8, 4) is 11.5 Å². The van der Waals surface area contributed by atoms with Crippen molar-refractivity contribution in [3.63, 3.8) is 0 Å². The summed E-state index contributed by atoms with van der Waals surface area (Å²) in [7, 11) is 1.65. The maximum atomic E-state index is 12.5. The number of aryl methyl sites for hydroxylation is 4. The van der Waals surface area contributed by atoms with Crippen molar-refractivity contribution in [2.75, 3.05) is 13.7 Å². The van der Waals surface area contributed by atoms with E-state index < -0.39 is 0 Å². The van der Waals surface area contributed by atoms with Gasteiger partial charge < -0.3 is 14.2 Å². The van der Waals surface area contributed by atoms with E-state index in [2.05, 4.69) is 25.1 Å². The highest BCUT2D eigenvalue weighted by molar-refractivity contribution is 5.72. The molecule has 0 heterocycles. The van der Waals surface area contributed by atoms with Gasteiger partial charge in [-0.25, -0.2) is 4.79 Å². The van der Waals surface area contributed by atoms with Crippen molar-refractivity contribution in [1.82, 2.24) is 0 Å². The molecule has 0 aliphatic heterocycles. The highest BCUT2D eigenvalue weighted by Crippen LogP contribution is 2.36. The molecule has 1 aliphatic carbocycles. The Morgan fingerprint density at radius 1 is 1.03 bits per heavy atom. The van der Waals surface area contributed by atoms with Crippen molar-refractivity contribution >= 4 is 5.97 Å². The van der Waals surface area contributed by atoms with Crippen molar-refractivity contribution in [3.05, 3.63) is 58.1 Å². The molecule has 0 amide bonds. The van der Waals surface area contributed by atoms with Crippen LogP contribution in [0.25, 0.3) is 0 Å². The fourth-order valence-electron chi connectivity index (χ4n) is 4.46. The number of unbranched alkanes of at least 4 members (excludes halogenated alkanes) is 4. The van der Waals surface area contributed by atoms with E-state index in [1.807, 2.05) is 26.0 Å². The van der Waals surface area contributed by atoms with Crippen molar-refractivity contribution in [1.29, 1.82) is 0 Å². The zero-order valence-corrected chi connectivity index (χ0v) is 19.5. The molecule has 0 bridgehead atoms. The molecule has 0 aromatic heterocycles. The van der Waals surface area contributed by atoms with Crippen LogP contribution in [-0.2, 0) is 22.4 Å². The predicted molar refractivity (Wildman–Crippen MR) is 124 cm³/mol. The van der Waals surface area contributed by atoms with E-state index in [1.54, 1.807) is 7.11 Å². The number of fused-ring (bicyclic) bond motifs is 1. The summed E-state index contributed by atoms with van der Waals surface area (Å²) in [5.41, 5.74) is 5.76. The first-order valence-corrected chi connectivity index (χ1v) is 11.6. The molecule has 168 valence electrons. The van der Waals surface area contributed by atoms with E-state index in [4.69, 9.17) is 14.2 Å². The summed E-state index contributed by atoms with van der Waals surface area (Å²) < 4.78 is 16.9. The van der Waals surface area contributed by atoms with Gasteiger partial charge in [0.2, 0.25) is 0 Å². The molecule has 0 saturated heterocycles. The molecule has 0 saturated carbocycles. The fourth-order valence-corrected chi connectivity index (χ4v) is 4.46. The van der Waals surface area contributed by atoms with Gasteiger partial charge in [0.15, 0.2) is 6.61 Å². The number of rotatable bonds is 11. The number of hydrogen-bond donors (Lipinski definition) is 0. The highest BCUT2D eigenvalue weighted by atomic mass is 16.6. The SMILES string of the molecule is CCCCCCCc1cc(C)c(OCC(=O)OC2CCc3ccc(OC)cc32)c(C)c1. The molecule has 4 heteroatoms. The average Bonchev–Trinajstić information content (AvgIpc) is 3.14.